The first kappa shape index (κ1) is 11.2. The van der Waals surface area contributed by atoms with Crippen molar-refractivity contribution in [3.8, 4) is 5.75 Å². The number of nitrogens with zero attached hydrogens (tertiary/aromatic N) is 1. The quantitative estimate of drug-likeness (QED) is 0.851. The van der Waals surface area contributed by atoms with E-state index in [9.17, 15) is 4.79 Å². The molecule has 4 nitrogen and oxygen atoms in total. The van der Waals surface area contributed by atoms with Crippen LogP contribution >= 0.6 is 11.6 Å². The van der Waals surface area contributed by atoms with Gasteiger partial charge < -0.3 is 15.4 Å². The monoisotopic (exact) mass is 240 g/mol. The summed E-state index contributed by atoms with van der Waals surface area (Å²) in [5.74, 6) is 0.565. The van der Waals surface area contributed by atoms with Crippen LogP contribution in [0.15, 0.2) is 18.2 Å². The number of nitrogens with two attached hydrogens (primary N) is 1. The molecular formula is C11H13ClN2O2. The van der Waals surface area contributed by atoms with Gasteiger partial charge in [0.15, 0.2) is 0 Å². The van der Waals surface area contributed by atoms with Gasteiger partial charge in [0.1, 0.15) is 10.8 Å². The van der Waals surface area contributed by atoms with E-state index in [4.69, 9.17) is 22.1 Å². The number of ether oxygens (including phenoxy) is 1. The fourth-order valence-corrected chi connectivity index (χ4v) is 2.14. The zero-order valence-electron chi connectivity index (χ0n) is 8.94. The molecule has 1 amide bonds. The third-order valence-electron chi connectivity index (χ3n) is 2.61. The first-order valence-electron chi connectivity index (χ1n) is 5.02. The summed E-state index contributed by atoms with van der Waals surface area (Å²) in [6.07, 6.45) is 0.369. The molecule has 86 valence electrons. The molecule has 1 heterocycles. The van der Waals surface area contributed by atoms with Crippen LogP contribution in [0.5, 0.6) is 5.75 Å². The van der Waals surface area contributed by atoms with Crippen molar-refractivity contribution in [3.05, 3.63) is 23.2 Å². The van der Waals surface area contributed by atoms with Crippen molar-refractivity contribution >= 4 is 23.2 Å². The van der Waals surface area contributed by atoms with Crippen molar-refractivity contribution in [2.24, 2.45) is 5.73 Å². The number of methoxy groups -OCH3 is 1. The van der Waals surface area contributed by atoms with Gasteiger partial charge in [-0.25, -0.2) is 0 Å². The van der Waals surface area contributed by atoms with Crippen LogP contribution in [-0.2, 0) is 4.79 Å². The Morgan fingerprint density at radius 1 is 1.56 bits per heavy atom. The van der Waals surface area contributed by atoms with E-state index in [0.717, 1.165) is 0 Å². The normalized spacial score (nSPS) is 20.3. The van der Waals surface area contributed by atoms with E-state index < -0.39 is 0 Å². The summed E-state index contributed by atoms with van der Waals surface area (Å²) in [7, 11) is 1.54. The minimum Gasteiger partial charge on any atom is -0.495 e. The summed E-state index contributed by atoms with van der Waals surface area (Å²) in [6, 6.07) is 5.24. The number of carbonyl (C=O) groups excluding carboxylic acids is 1. The summed E-state index contributed by atoms with van der Waals surface area (Å²) in [6.45, 7) is 0.506. The fourth-order valence-electron chi connectivity index (χ4n) is 1.83. The van der Waals surface area contributed by atoms with E-state index in [2.05, 4.69) is 0 Å². The fraction of sp³-hybridized carbons (Fsp3) is 0.364. The van der Waals surface area contributed by atoms with Gasteiger partial charge in [0, 0.05) is 19.0 Å². The van der Waals surface area contributed by atoms with E-state index >= 15 is 0 Å². The summed E-state index contributed by atoms with van der Waals surface area (Å²) < 4.78 is 5.11. The first-order chi connectivity index (χ1) is 7.63. The van der Waals surface area contributed by atoms with E-state index in [0.29, 0.717) is 29.4 Å². The third kappa shape index (κ3) is 1.86. The number of benzene rings is 1. The van der Waals surface area contributed by atoms with Gasteiger partial charge in [-0.3, -0.25) is 4.79 Å². The molecule has 0 aromatic heterocycles. The molecule has 0 radical (unpaired) electrons. The average Bonchev–Trinajstić information content (AvgIpc) is 2.58. The van der Waals surface area contributed by atoms with Crippen molar-refractivity contribution in [3.63, 3.8) is 0 Å². The topological polar surface area (TPSA) is 55.6 Å². The van der Waals surface area contributed by atoms with Gasteiger partial charge in [0.25, 0.3) is 0 Å². The largest absolute Gasteiger partial charge is 0.495 e. The smallest absolute Gasteiger partial charge is 0.228 e. The molecule has 0 aliphatic carbocycles. The molecule has 1 aliphatic heterocycles. The second kappa shape index (κ2) is 4.31. The number of hydrogen-bond donors (Lipinski definition) is 1. The molecule has 1 saturated heterocycles. The van der Waals surface area contributed by atoms with Crippen molar-refractivity contribution in [1.29, 1.82) is 0 Å². The highest BCUT2D eigenvalue weighted by Gasteiger charge is 2.29. The Morgan fingerprint density at radius 2 is 2.31 bits per heavy atom. The maximum absolute atomic E-state index is 11.7. The van der Waals surface area contributed by atoms with E-state index in [1.54, 1.807) is 30.2 Å². The van der Waals surface area contributed by atoms with Crippen molar-refractivity contribution in [1.82, 2.24) is 0 Å². The molecular weight excluding hydrogens is 228 g/mol. The second-order valence-electron chi connectivity index (χ2n) is 3.76. The molecule has 1 fully saturated rings. The Bertz CT molecular complexity index is 422. The maximum Gasteiger partial charge on any atom is 0.228 e. The van der Waals surface area contributed by atoms with Gasteiger partial charge >= 0.3 is 0 Å². The van der Waals surface area contributed by atoms with Crippen LogP contribution in [0, 0.1) is 0 Å². The van der Waals surface area contributed by atoms with Crippen molar-refractivity contribution in [2.45, 2.75) is 12.5 Å². The molecule has 2 rings (SSSR count). The van der Waals surface area contributed by atoms with Gasteiger partial charge in [0.2, 0.25) is 5.91 Å². The minimum absolute atomic E-state index is 0.00246. The highest BCUT2D eigenvalue weighted by molar-refractivity contribution is 6.35. The first-order valence-corrected chi connectivity index (χ1v) is 5.39. The molecule has 0 spiro atoms. The Labute approximate surface area is 98.9 Å². The molecule has 1 atom stereocenters. The molecule has 2 N–H and O–H groups in total. The number of amides is 1. The van der Waals surface area contributed by atoms with Gasteiger partial charge in [-0.2, -0.15) is 0 Å². The lowest BCUT2D eigenvalue weighted by Gasteiger charge is -2.18. The van der Waals surface area contributed by atoms with Crippen LogP contribution in [0.4, 0.5) is 5.69 Å². The molecule has 1 unspecified atom stereocenters. The number of anilines is 1. The lowest BCUT2D eigenvalue weighted by atomic mass is 10.2. The third-order valence-corrected chi connectivity index (χ3v) is 2.99. The Balaban J connectivity index is 2.37. The van der Waals surface area contributed by atoms with Gasteiger partial charge in [-0.05, 0) is 12.1 Å². The van der Waals surface area contributed by atoms with Crippen LogP contribution in [0.3, 0.4) is 0 Å². The predicted molar refractivity (Wildman–Crippen MR) is 62.9 cm³/mol. The number of carbonyl (C=O) groups is 1. The Morgan fingerprint density at radius 3 is 2.88 bits per heavy atom. The van der Waals surface area contributed by atoms with Gasteiger partial charge in [-0.15, -0.1) is 0 Å². The van der Waals surface area contributed by atoms with E-state index in [-0.39, 0.29) is 11.9 Å². The highest BCUT2D eigenvalue weighted by atomic mass is 35.5. The number of halogens is 1. The SMILES string of the molecule is COc1cccc(N2CC(N)CC2=O)c1Cl. The minimum atomic E-state index is -0.116. The standard InChI is InChI=1S/C11H13ClN2O2/c1-16-9-4-2-3-8(11(9)12)14-6-7(13)5-10(14)15/h2-4,7H,5-6,13H2,1H3. The lowest BCUT2D eigenvalue weighted by molar-refractivity contribution is -0.117. The van der Waals surface area contributed by atoms with Gasteiger partial charge in [0.05, 0.1) is 12.8 Å². The second-order valence-corrected chi connectivity index (χ2v) is 4.14. The van der Waals surface area contributed by atoms with E-state index in [1.807, 2.05) is 0 Å². The average molecular weight is 241 g/mol. The van der Waals surface area contributed by atoms with Crippen molar-refractivity contribution in [2.75, 3.05) is 18.6 Å². The summed E-state index contributed by atoms with van der Waals surface area (Å²) in [5, 5.41) is 0.451. The Kier molecular flexibility index (Phi) is 3.03. The molecule has 1 aliphatic rings. The van der Waals surface area contributed by atoms with Crippen LogP contribution in [0.2, 0.25) is 5.02 Å². The van der Waals surface area contributed by atoms with Crippen LogP contribution in [-0.4, -0.2) is 25.6 Å². The Hall–Kier alpha value is -1.26. The maximum atomic E-state index is 11.7. The van der Waals surface area contributed by atoms with Crippen LogP contribution < -0.4 is 15.4 Å². The molecule has 0 bridgehead atoms. The highest BCUT2D eigenvalue weighted by Crippen LogP contribution is 2.35. The van der Waals surface area contributed by atoms with E-state index in [1.165, 1.54) is 0 Å². The molecule has 5 heteroatoms. The zero-order valence-corrected chi connectivity index (χ0v) is 9.70. The summed E-state index contributed by atoms with van der Waals surface area (Å²) in [5.41, 5.74) is 6.40. The molecule has 16 heavy (non-hydrogen) atoms. The summed E-state index contributed by atoms with van der Waals surface area (Å²) >= 11 is 6.14. The molecule has 0 saturated carbocycles. The van der Waals surface area contributed by atoms with Crippen LogP contribution in [0.25, 0.3) is 0 Å². The predicted octanol–water partition coefficient (Wildman–Crippen LogP) is 1.41. The number of hydrogen-bond acceptors (Lipinski definition) is 3. The lowest BCUT2D eigenvalue weighted by Crippen LogP contribution is -2.28. The number of rotatable bonds is 2. The van der Waals surface area contributed by atoms with Gasteiger partial charge in [-0.1, -0.05) is 17.7 Å². The van der Waals surface area contributed by atoms with Crippen LogP contribution in [0.1, 0.15) is 6.42 Å². The molecule has 1 aromatic rings. The molecule has 1 aromatic carbocycles. The summed E-state index contributed by atoms with van der Waals surface area (Å²) in [4.78, 5) is 13.3. The van der Waals surface area contributed by atoms with Crippen molar-refractivity contribution < 1.29 is 9.53 Å². The zero-order chi connectivity index (χ0) is 11.7.